The molecule has 0 saturated carbocycles. The molecule has 2 aliphatic rings. The topological polar surface area (TPSA) is 103 Å². The second-order valence-corrected chi connectivity index (χ2v) is 7.57. The smallest absolute Gasteiger partial charge is 0.325 e. The number of fused-ring (bicyclic) bond motifs is 2. The van der Waals surface area contributed by atoms with Crippen molar-refractivity contribution in [3.05, 3.63) is 35.5 Å². The average molecular weight is 398 g/mol. The van der Waals surface area contributed by atoms with Crippen LogP contribution in [0.5, 0.6) is 5.88 Å². The van der Waals surface area contributed by atoms with Crippen molar-refractivity contribution in [2.75, 3.05) is 30.5 Å². The Labute approximate surface area is 167 Å². The molecule has 2 aliphatic heterocycles. The summed E-state index contributed by atoms with van der Waals surface area (Å²) in [6.45, 7) is 4.75. The van der Waals surface area contributed by atoms with E-state index in [0.29, 0.717) is 30.4 Å². The Bertz CT molecular complexity index is 987. The maximum atomic E-state index is 12.8. The van der Waals surface area contributed by atoms with Gasteiger partial charge in [-0.3, -0.25) is 14.4 Å². The molecular formula is C20H22N4O5. The lowest BCUT2D eigenvalue weighted by Crippen LogP contribution is -2.39. The van der Waals surface area contributed by atoms with E-state index in [-0.39, 0.29) is 24.1 Å². The predicted octanol–water partition coefficient (Wildman–Crippen LogP) is 1.72. The maximum absolute atomic E-state index is 12.8. The highest BCUT2D eigenvalue weighted by Crippen LogP contribution is 2.42. The number of rotatable bonds is 4. The number of esters is 1. The highest BCUT2D eigenvalue weighted by Gasteiger charge is 2.44. The number of nitrogens with one attached hydrogen (secondary N) is 1. The predicted molar refractivity (Wildman–Crippen MR) is 104 cm³/mol. The normalized spacial score (nSPS) is 16.7. The molecule has 2 amide bonds. The fourth-order valence-electron chi connectivity index (χ4n) is 3.64. The van der Waals surface area contributed by atoms with E-state index >= 15 is 0 Å². The Morgan fingerprint density at radius 3 is 2.83 bits per heavy atom. The molecule has 0 aliphatic carbocycles. The van der Waals surface area contributed by atoms with E-state index < -0.39 is 11.4 Å². The summed E-state index contributed by atoms with van der Waals surface area (Å²) in [5.41, 5.74) is 1.35. The van der Waals surface area contributed by atoms with E-state index in [1.54, 1.807) is 42.8 Å². The van der Waals surface area contributed by atoms with Gasteiger partial charge in [0.1, 0.15) is 6.54 Å². The first-order valence-electron chi connectivity index (χ1n) is 9.36. The number of hydrogen-bond donors (Lipinski definition) is 1. The molecule has 0 unspecified atom stereocenters. The first-order valence-corrected chi connectivity index (χ1v) is 9.36. The summed E-state index contributed by atoms with van der Waals surface area (Å²) in [4.78, 5) is 38.5. The van der Waals surface area contributed by atoms with Crippen molar-refractivity contribution in [1.29, 1.82) is 0 Å². The molecule has 0 bridgehead atoms. The molecule has 1 N–H and O–H groups in total. The van der Waals surface area contributed by atoms with Crippen LogP contribution in [0.1, 0.15) is 36.3 Å². The van der Waals surface area contributed by atoms with Crippen molar-refractivity contribution in [3.63, 3.8) is 0 Å². The van der Waals surface area contributed by atoms with E-state index in [0.717, 1.165) is 12.0 Å². The molecule has 3 heterocycles. The number of methoxy groups -OCH3 is 1. The number of carbonyl (C=O) groups is 3. The summed E-state index contributed by atoms with van der Waals surface area (Å²) in [7, 11) is 1.28. The van der Waals surface area contributed by atoms with Gasteiger partial charge >= 0.3 is 5.97 Å². The summed E-state index contributed by atoms with van der Waals surface area (Å²) in [6, 6.07) is 6.80. The molecule has 0 fully saturated rings. The second kappa shape index (κ2) is 6.91. The molecule has 1 aromatic carbocycles. The van der Waals surface area contributed by atoms with Crippen LogP contribution < -0.4 is 15.0 Å². The fourth-order valence-corrected chi connectivity index (χ4v) is 3.64. The molecule has 4 rings (SSSR count). The van der Waals surface area contributed by atoms with Gasteiger partial charge in [0.25, 0.3) is 5.91 Å². The highest BCUT2D eigenvalue weighted by atomic mass is 16.5. The van der Waals surface area contributed by atoms with Gasteiger partial charge < -0.3 is 19.7 Å². The Balaban J connectivity index is 1.58. The van der Waals surface area contributed by atoms with E-state index in [9.17, 15) is 14.4 Å². The maximum Gasteiger partial charge on any atom is 0.325 e. The molecule has 0 radical (unpaired) electrons. The summed E-state index contributed by atoms with van der Waals surface area (Å²) < 4.78 is 11.9. The number of hydrogen-bond acceptors (Lipinski definition) is 6. The lowest BCUT2D eigenvalue weighted by molar-refractivity contribution is -0.140. The third kappa shape index (κ3) is 3.22. The Kier molecular flexibility index (Phi) is 4.52. The van der Waals surface area contributed by atoms with Crippen LogP contribution in [0.25, 0.3) is 0 Å². The number of carbonyl (C=O) groups excluding carboxylic acids is 3. The van der Waals surface area contributed by atoms with Crippen LogP contribution in [-0.4, -0.2) is 47.8 Å². The van der Waals surface area contributed by atoms with Gasteiger partial charge in [-0.15, -0.1) is 0 Å². The second-order valence-electron chi connectivity index (χ2n) is 7.57. The van der Waals surface area contributed by atoms with Gasteiger partial charge in [0.15, 0.2) is 5.69 Å². The first-order chi connectivity index (χ1) is 13.8. The molecule has 1 aromatic heterocycles. The fraction of sp³-hybridized carbons (Fsp3) is 0.400. The zero-order valence-corrected chi connectivity index (χ0v) is 16.5. The van der Waals surface area contributed by atoms with Crippen molar-refractivity contribution < 1.29 is 23.9 Å². The SMILES string of the molecule is COC(=O)CN1C(=O)C(C)(C)c2cc(NC(=O)c3cc4n(n3)CCCO4)ccc21. The quantitative estimate of drug-likeness (QED) is 0.787. The van der Waals surface area contributed by atoms with Gasteiger partial charge in [-0.2, -0.15) is 5.10 Å². The summed E-state index contributed by atoms with van der Waals surface area (Å²) in [5.74, 6) is -0.463. The summed E-state index contributed by atoms with van der Waals surface area (Å²) >= 11 is 0. The first kappa shape index (κ1) is 19.0. The van der Waals surface area contributed by atoms with Gasteiger partial charge in [-0.25, -0.2) is 4.68 Å². The molecule has 152 valence electrons. The minimum Gasteiger partial charge on any atom is -0.478 e. The summed E-state index contributed by atoms with van der Waals surface area (Å²) in [5, 5.41) is 7.10. The number of aryl methyl sites for hydroxylation is 1. The number of amides is 2. The Hall–Kier alpha value is -3.36. The van der Waals surface area contributed by atoms with Crippen LogP contribution in [0, 0.1) is 0 Å². The third-order valence-electron chi connectivity index (χ3n) is 5.25. The summed E-state index contributed by atoms with van der Waals surface area (Å²) in [6.07, 6.45) is 0.853. The molecule has 0 spiro atoms. The third-order valence-corrected chi connectivity index (χ3v) is 5.25. The highest BCUT2D eigenvalue weighted by molar-refractivity contribution is 6.10. The molecule has 9 heteroatoms. The van der Waals surface area contributed by atoms with Crippen molar-refractivity contribution >= 4 is 29.2 Å². The van der Waals surface area contributed by atoms with Crippen molar-refractivity contribution in [2.45, 2.75) is 32.2 Å². The molecule has 9 nitrogen and oxygen atoms in total. The lowest BCUT2D eigenvalue weighted by Gasteiger charge is -2.19. The number of anilines is 2. The van der Waals surface area contributed by atoms with E-state index in [2.05, 4.69) is 10.4 Å². The van der Waals surface area contributed by atoms with Gasteiger partial charge in [0.05, 0.1) is 19.1 Å². The molecule has 0 saturated heterocycles. The Morgan fingerprint density at radius 2 is 2.10 bits per heavy atom. The van der Waals surface area contributed by atoms with Gasteiger partial charge in [0.2, 0.25) is 11.8 Å². The van der Waals surface area contributed by atoms with Crippen LogP contribution in [-0.2, 0) is 26.3 Å². The molecule has 29 heavy (non-hydrogen) atoms. The van der Waals surface area contributed by atoms with Gasteiger partial charge in [-0.05, 0) is 37.6 Å². The minimum absolute atomic E-state index is 0.155. The standard InChI is InChI=1S/C20H22N4O5/c1-20(2)13-9-12(5-6-15(13)23(19(20)27)11-17(25)28-3)21-18(26)14-10-16-24(22-14)7-4-8-29-16/h5-6,9-10H,4,7-8,11H2,1-3H3,(H,21,26). The van der Waals surface area contributed by atoms with Crippen molar-refractivity contribution in [2.24, 2.45) is 0 Å². The average Bonchev–Trinajstić information content (AvgIpc) is 3.22. The number of nitrogens with zero attached hydrogens (tertiary/aromatic N) is 3. The zero-order chi connectivity index (χ0) is 20.8. The van der Waals surface area contributed by atoms with E-state index in [1.165, 1.54) is 12.0 Å². The lowest BCUT2D eigenvalue weighted by atomic mass is 9.86. The largest absolute Gasteiger partial charge is 0.478 e. The number of aromatic nitrogens is 2. The van der Waals surface area contributed by atoms with Gasteiger partial charge in [-0.1, -0.05) is 0 Å². The van der Waals surface area contributed by atoms with Crippen LogP contribution >= 0.6 is 0 Å². The Morgan fingerprint density at radius 1 is 1.31 bits per heavy atom. The number of ether oxygens (including phenoxy) is 2. The van der Waals surface area contributed by atoms with Gasteiger partial charge in [0, 0.05) is 30.4 Å². The van der Waals surface area contributed by atoms with Crippen LogP contribution in [0.4, 0.5) is 11.4 Å². The van der Waals surface area contributed by atoms with Crippen molar-refractivity contribution in [1.82, 2.24) is 9.78 Å². The minimum atomic E-state index is -0.828. The monoisotopic (exact) mass is 398 g/mol. The molecule has 0 atom stereocenters. The van der Waals surface area contributed by atoms with E-state index in [1.807, 2.05) is 0 Å². The van der Waals surface area contributed by atoms with E-state index in [4.69, 9.17) is 9.47 Å². The van der Waals surface area contributed by atoms with Crippen molar-refractivity contribution in [3.8, 4) is 5.88 Å². The van der Waals surface area contributed by atoms with Crippen LogP contribution in [0.2, 0.25) is 0 Å². The molecule has 2 aromatic rings. The zero-order valence-electron chi connectivity index (χ0n) is 16.5. The van der Waals surface area contributed by atoms with Crippen LogP contribution in [0.15, 0.2) is 24.3 Å². The number of benzene rings is 1. The molecular weight excluding hydrogens is 376 g/mol. The van der Waals surface area contributed by atoms with Crippen LogP contribution in [0.3, 0.4) is 0 Å².